The van der Waals surface area contributed by atoms with Crippen LogP contribution in [0, 0.1) is 11.7 Å². The molecule has 1 aromatic carbocycles. The zero-order valence-corrected chi connectivity index (χ0v) is 11.2. The highest BCUT2D eigenvalue weighted by Crippen LogP contribution is 2.22. The molecule has 1 N–H and O–H groups in total. The van der Waals surface area contributed by atoms with E-state index in [0.717, 1.165) is 18.9 Å². The second-order valence-corrected chi connectivity index (χ2v) is 4.66. The summed E-state index contributed by atoms with van der Waals surface area (Å²) in [6.07, 6.45) is 6.24. The predicted molar refractivity (Wildman–Crippen MR) is 72.9 cm³/mol. The molecule has 1 aromatic rings. The predicted octanol–water partition coefficient (Wildman–Crippen LogP) is 2.91. The van der Waals surface area contributed by atoms with Crippen LogP contribution in [0.1, 0.15) is 29.6 Å². The maximum atomic E-state index is 13.7. The second-order valence-electron chi connectivity index (χ2n) is 4.66. The molecule has 0 fully saturated rings. The van der Waals surface area contributed by atoms with Gasteiger partial charge in [-0.1, -0.05) is 12.2 Å². The maximum absolute atomic E-state index is 13.7. The van der Waals surface area contributed by atoms with Gasteiger partial charge in [-0.3, -0.25) is 4.79 Å². The van der Waals surface area contributed by atoms with Crippen molar-refractivity contribution in [3.8, 4) is 0 Å². The molecule has 1 unspecified atom stereocenters. The van der Waals surface area contributed by atoms with Crippen LogP contribution in [0.3, 0.4) is 0 Å². The SMILES string of the molecule is COC(=O)c1ccc(F)c(NC(=O)C2CC=CCC2)c1. The lowest BCUT2D eigenvalue weighted by Gasteiger charge is -2.17. The number of amides is 1. The van der Waals surface area contributed by atoms with Crippen LogP contribution in [0.25, 0.3) is 0 Å². The Labute approximate surface area is 116 Å². The fraction of sp³-hybridized carbons (Fsp3) is 0.333. The van der Waals surface area contributed by atoms with E-state index in [4.69, 9.17) is 0 Å². The summed E-state index contributed by atoms with van der Waals surface area (Å²) in [4.78, 5) is 23.4. The molecule has 1 aliphatic rings. The van der Waals surface area contributed by atoms with Gasteiger partial charge in [-0.05, 0) is 37.5 Å². The number of methoxy groups -OCH3 is 1. The van der Waals surface area contributed by atoms with Crippen molar-refractivity contribution in [3.05, 3.63) is 41.7 Å². The molecule has 1 atom stereocenters. The number of carbonyl (C=O) groups is 2. The number of hydrogen-bond acceptors (Lipinski definition) is 3. The molecule has 20 heavy (non-hydrogen) atoms. The third-order valence-electron chi connectivity index (χ3n) is 3.29. The van der Waals surface area contributed by atoms with Gasteiger partial charge in [0.2, 0.25) is 5.91 Å². The number of hydrogen-bond donors (Lipinski definition) is 1. The first-order valence-corrected chi connectivity index (χ1v) is 6.45. The van der Waals surface area contributed by atoms with Crippen molar-refractivity contribution in [3.63, 3.8) is 0 Å². The van der Waals surface area contributed by atoms with Gasteiger partial charge < -0.3 is 10.1 Å². The Bertz CT molecular complexity index is 554. The van der Waals surface area contributed by atoms with Crippen LogP contribution in [-0.4, -0.2) is 19.0 Å². The highest BCUT2D eigenvalue weighted by atomic mass is 19.1. The van der Waals surface area contributed by atoms with E-state index >= 15 is 0 Å². The van der Waals surface area contributed by atoms with Crippen molar-refractivity contribution < 1.29 is 18.7 Å². The van der Waals surface area contributed by atoms with Gasteiger partial charge >= 0.3 is 5.97 Å². The number of anilines is 1. The molecular weight excluding hydrogens is 261 g/mol. The van der Waals surface area contributed by atoms with Crippen LogP contribution >= 0.6 is 0 Å². The van der Waals surface area contributed by atoms with Crippen molar-refractivity contribution in [1.82, 2.24) is 0 Å². The normalized spacial score (nSPS) is 17.6. The lowest BCUT2D eigenvalue weighted by molar-refractivity contribution is -0.120. The molecule has 0 aliphatic heterocycles. The third-order valence-corrected chi connectivity index (χ3v) is 3.29. The molecule has 0 saturated heterocycles. The van der Waals surface area contributed by atoms with Gasteiger partial charge in [-0.2, -0.15) is 0 Å². The molecule has 5 heteroatoms. The number of nitrogens with one attached hydrogen (secondary N) is 1. The highest BCUT2D eigenvalue weighted by molar-refractivity contribution is 5.95. The Morgan fingerprint density at radius 1 is 1.35 bits per heavy atom. The van der Waals surface area contributed by atoms with E-state index in [2.05, 4.69) is 10.1 Å². The summed E-state index contributed by atoms with van der Waals surface area (Å²) in [6.45, 7) is 0. The standard InChI is InChI=1S/C15H16FNO3/c1-20-15(19)11-7-8-12(16)13(9-11)17-14(18)10-5-3-2-4-6-10/h2-3,7-10H,4-6H2,1H3,(H,17,18). The van der Waals surface area contributed by atoms with E-state index in [0.29, 0.717) is 6.42 Å². The Hall–Kier alpha value is -2.17. The Balaban J connectivity index is 2.13. The molecule has 0 saturated carbocycles. The van der Waals surface area contributed by atoms with Gasteiger partial charge in [-0.15, -0.1) is 0 Å². The van der Waals surface area contributed by atoms with Crippen molar-refractivity contribution in [2.75, 3.05) is 12.4 Å². The summed E-state index contributed by atoms with van der Waals surface area (Å²) < 4.78 is 18.3. The van der Waals surface area contributed by atoms with E-state index in [-0.39, 0.29) is 23.1 Å². The molecule has 1 aliphatic carbocycles. The number of esters is 1. The maximum Gasteiger partial charge on any atom is 0.337 e. The van der Waals surface area contributed by atoms with Crippen LogP contribution < -0.4 is 5.32 Å². The minimum atomic E-state index is -0.572. The zero-order chi connectivity index (χ0) is 14.5. The smallest absolute Gasteiger partial charge is 0.337 e. The average molecular weight is 277 g/mol. The zero-order valence-electron chi connectivity index (χ0n) is 11.2. The lowest BCUT2D eigenvalue weighted by Crippen LogP contribution is -2.24. The topological polar surface area (TPSA) is 55.4 Å². The number of carbonyl (C=O) groups excluding carboxylic acids is 2. The summed E-state index contributed by atoms with van der Waals surface area (Å²) >= 11 is 0. The quantitative estimate of drug-likeness (QED) is 0.682. The van der Waals surface area contributed by atoms with Crippen molar-refractivity contribution >= 4 is 17.6 Å². The molecule has 0 bridgehead atoms. The van der Waals surface area contributed by atoms with Crippen LogP contribution in [0.15, 0.2) is 30.4 Å². The van der Waals surface area contributed by atoms with E-state index in [1.165, 1.54) is 19.2 Å². The first-order chi connectivity index (χ1) is 9.61. The van der Waals surface area contributed by atoms with Crippen molar-refractivity contribution in [2.45, 2.75) is 19.3 Å². The van der Waals surface area contributed by atoms with Crippen LogP contribution in [0.5, 0.6) is 0 Å². The molecule has 0 heterocycles. The Kier molecular flexibility index (Phi) is 4.50. The highest BCUT2D eigenvalue weighted by Gasteiger charge is 2.20. The van der Waals surface area contributed by atoms with Gasteiger partial charge in [-0.25, -0.2) is 9.18 Å². The molecular formula is C15H16FNO3. The number of allylic oxidation sites excluding steroid dienone is 2. The first-order valence-electron chi connectivity index (χ1n) is 6.45. The largest absolute Gasteiger partial charge is 0.465 e. The van der Waals surface area contributed by atoms with E-state index in [1.54, 1.807) is 0 Å². The van der Waals surface area contributed by atoms with Gasteiger partial charge in [0.25, 0.3) is 0 Å². The fourth-order valence-electron chi connectivity index (χ4n) is 2.13. The summed E-state index contributed by atoms with van der Waals surface area (Å²) in [5, 5.41) is 2.54. The molecule has 0 radical (unpaired) electrons. The number of benzene rings is 1. The summed E-state index contributed by atoms with van der Waals surface area (Å²) in [5.74, 6) is -1.52. The molecule has 4 nitrogen and oxygen atoms in total. The molecule has 0 aromatic heterocycles. The summed E-state index contributed by atoms with van der Waals surface area (Å²) in [6, 6.07) is 3.75. The van der Waals surface area contributed by atoms with E-state index in [9.17, 15) is 14.0 Å². The Morgan fingerprint density at radius 3 is 2.80 bits per heavy atom. The molecule has 1 amide bonds. The molecule has 106 valence electrons. The van der Waals surface area contributed by atoms with E-state index in [1.807, 2.05) is 12.2 Å². The first kappa shape index (κ1) is 14.2. The number of halogens is 1. The second kappa shape index (κ2) is 6.32. The fourth-order valence-corrected chi connectivity index (χ4v) is 2.13. The van der Waals surface area contributed by atoms with E-state index < -0.39 is 11.8 Å². The minimum Gasteiger partial charge on any atom is -0.465 e. The number of rotatable bonds is 3. The van der Waals surface area contributed by atoms with Crippen molar-refractivity contribution in [2.24, 2.45) is 5.92 Å². The summed E-state index contributed by atoms with van der Waals surface area (Å²) in [5.41, 5.74) is 0.209. The minimum absolute atomic E-state index is 0.00690. The molecule has 2 rings (SSSR count). The van der Waals surface area contributed by atoms with Gasteiger partial charge in [0, 0.05) is 5.92 Å². The van der Waals surface area contributed by atoms with Gasteiger partial charge in [0.05, 0.1) is 18.4 Å². The number of ether oxygens (including phenoxy) is 1. The van der Waals surface area contributed by atoms with Crippen LogP contribution in [0.2, 0.25) is 0 Å². The molecule has 0 spiro atoms. The monoisotopic (exact) mass is 277 g/mol. The summed E-state index contributed by atoms with van der Waals surface area (Å²) in [7, 11) is 1.25. The lowest BCUT2D eigenvalue weighted by atomic mass is 9.93. The Morgan fingerprint density at radius 2 is 2.15 bits per heavy atom. The van der Waals surface area contributed by atoms with Crippen molar-refractivity contribution in [1.29, 1.82) is 0 Å². The van der Waals surface area contributed by atoms with Crippen LogP contribution in [0.4, 0.5) is 10.1 Å². The van der Waals surface area contributed by atoms with Gasteiger partial charge in [0.1, 0.15) is 5.82 Å². The average Bonchev–Trinajstić information content (AvgIpc) is 2.49. The van der Waals surface area contributed by atoms with Gasteiger partial charge in [0.15, 0.2) is 0 Å². The third kappa shape index (κ3) is 3.23. The van der Waals surface area contributed by atoms with Crippen LogP contribution in [-0.2, 0) is 9.53 Å².